The van der Waals surface area contributed by atoms with Gasteiger partial charge in [-0.05, 0) is 30.7 Å². The van der Waals surface area contributed by atoms with Gasteiger partial charge >= 0.3 is 11.9 Å². The van der Waals surface area contributed by atoms with E-state index in [1.165, 1.54) is 17.4 Å². The van der Waals surface area contributed by atoms with Crippen LogP contribution in [-0.2, 0) is 14.4 Å². The first kappa shape index (κ1) is 21.2. The average Bonchev–Trinajstić information content (AvgIpc) is 3.41. The van der Waals surface area contributed by atoms with E-state index in [0.29, 0.717) is 16.5 Å². The van der Waals surface area contributed by atoms with Crippen LogP contribution in [0.5, 0.6) is 0 Å². The summed E-state index contributed by atoms with van der Waals surface area (Å²) in [5.74, 6) is -2.11. The van der Waals surface area contributed by atoms with Gasteiger partial charge in [0, 0.05) is 12.5 Å². The maximum absolute atomic E-state index is 12.8. The van der Waals surface area contributed by atoms with Crippen LogP contribution in [0, 0.1) is 0 Å². The molecule has 4 rings (SSSR count). The molecule has 0 saturated carbocycles. The predicted molar refractivity (Wildman–Crippen MR) is 121 cm³/mol. The van der Waals surface area contributed by atoms with Crippen molar-refractivity contribution in [2.75, 3.05) is 0 Å². The van der Waals surface area contributed by atoms with Gasteiger partial charge in [-0.1, -0.05) is 36.1 Å². The van der Waals surface area contributed by atoms with Gasteiger partial charge in [0.05, 0.1) is 15.1 Å². The fourth-order valence-corrected chi connectivity index (χ4v) is 5.29. The third-order valence-electron chi connectivity index (χ3n) is 4.46. The van der Waals surface area contributed by atoms with Crippen molar-refractivity contribution < 1.29 is 29.0 Å². The molecule has 3 heterocycles. The van der Waals surface area contributed by atoms with Gasteiger partial charge in [-0.2, -0.15) is 0 Å². The topological polar surface area (TPSA) is 121 Å². The van der Waals surface area contributed by atoms with Crippen LogP contribution in [-0.4, -0.2) is 48.3 Å². The first-order valence-electron chi connectivity index (χ1n) is 9.01. The normalized spacial score (nSPS) is 16.4. The Hall–Kier alpha value is -3.02. The zero-order chi connectivity index (χ0) is 22.1. The molecule has 11 heteroatoms. The number of para-hydroxylation sites is 1. The van der Waals surface area contributed by atoms with Crippen molar-refractivity contribution in [2.24, 2.45) is 0 Å². The molecule has 31 heavy (non-hydrogen) atoms. The molecule has 1 atom stereocenters. The van der Waals surface area contributed by atoms with E-state index in [1.54, 1.807) is 12.1 Å². The van der Waals surface area contributed by atoms with E-state index in [9.17, 15) is 19.5 Å². The molecule has 1 fully saturated rings. The van der Waals surface area contributed by atoms with Crippen molar-refractivity contribution in [1.82, 2.24) is 9.88 Å². The molecule has 1 aliphatic heterocycles. The maximum Gasteiger partial charge on any atom is 0.326 e. The number of rotatable bonds is 7. The molecule has 0 bridgehead atoms. The second kappa shape index (κ2) is 8.61. The molecule has 0 spiro atoms. The van der Waals surface area contributed by atoms with Gasteiger partial charge in [-0.15, -0.1) is 11.3 Å². The van der Waals surface area contributed by atoms with Crippen LogP contribution in [0.25, 0.3) is 27.1 Å². The van der Waals surface area contributed by atoms with Crippen molar-refractivity contribution in [3.63, 3.8) is 0 Å². The van der Waals surface area contributed by atoms with Crippen molar-refractivity contribution in [3.8, 4) is 10.8 Å². The van der Waals surface area contributed by atoms with E-state index in [1.807, 2.05) is 24.3 Å². The molecular weight excluding hydrogens is 460 g/mol. The van der Waals surface area contributed by atoms with Crippen LogP contribution in [0.15, 0.2) is 45.7 Å². The molecule has 0 radical (unpaired) electrons. The minimum Gasteiger partial charge on any atom is -0.481 e. The molecular formula is C20H14N2O6S3. The number of hydrogen-bond donors (Lipinski definition) is 2. The molecule has 1 amide bonds. The van der Waals surface area contributed by atoms with Crippen LogP contribution < -0.4 is 0 Å². The third-order valence-corrected chi connectivity index (χ3v) is 6.84. The molecule has 1 aliphatic rings. The summed E-state index contributed by atoms with van der Waals surface area (Å²) in [5, 5.41) is 19.0. The Morgan fingerprint density at radius 2 is 2.00 bits per heavy atom. The van der Waals surface area contributed by atoms with Crippen LogP contribution in [0.3, 0.4) is 0 Å². The Bertz CT molecular complexity index is 1210. The van der Waals surface area contributed by atoms with E-state index in [2.05, 4.69) is 4.98 Å². The smallest absolute Gasteiger partial charge is 0.326 e. The first-order chi connectivity index (χ1) is 14.8. The number of amides is 1. The number of aliphatic carboxylic acids is 2. The van der Waals surface area contributed by atoms with E-state index < -0.39 is 30.3 Å². The largest absolute Gasteiger partial charge is 0.481 e. The summed E-state index contributed by atoms with van der Waals surface area (Å²) >= 11 is 7.62. The number of carboxylic acids is 2. The van der Waals surface area contributed by atoms with E-state index >= 15 is 0 Å². The Balaban J connectivity index is 1.57. The summed E-state index contributed by atoms with van der Waals surface area (Å²) in [7, 11) is 0. The number of hydrogen-bond acceptors (Lipinski definition) is 8. The number of furan rings is 1. The SMILES string of the molecule is O=C(O)CCC(C(=O)O)N1C(=O)/C(=C/c2ccc(-c3nc4ccccc4s3)o2)SC1=S. The van der Waals surface area contributed by atoms with Crippen molar-refractivity contribution >= 4 is 73.8 Å². The lowest BCUT2D eigenvalue weighted by atomic mass is 10.1. The summed E-state index contributed by atoms with van der Waals surface area (Å²) in [6.07, 6.45) is 0.857. The minimum atomic E-state index is -1.34. The van der Waals surface area contributed by atoms with Crippen molar-refractivity contribution in [1.29, 1.82) is 0 Å². The molecule has 1 unspecified atom stereocenters. The number of carbonyl (C=O) groups is 3. The molecule has 8 nitrogen and oxygen atoms in total. The summed E-state index contributed by atoms with van der Waals surface area (Å²) < 4.78 is 6.90. The highest BCUT2D eigenvalue weighted by Crippen LogP contribution is 2.36. The number of benzene rings is 1. The van der Waals surface area contributed by atoms with Gasteiger partial charge in [0.25, 0.3) is 5.91 Å². The lowest BCUT2D eigenvalue weighted by molar-refractivity contribution is -0.146. The van der Waals surface area contributed by atoms with Crippen LogP contribution >= 0.6 is 35.3 Å². The van der Waals surface area contributed by atoms with Gasteiger partial charge < -0.3 is 14.6 Å². The highest BCUT2D eigenvalue weighted by Gasteiger charge is 2.40. The highest BCUT2D eigenvalue weighted by atomic mass is 32.2. The quantitative estimate of drug-likeness (QED) is 0.385. The summed E-state index contributed by atoms with van der Waals surface area (Å²) in [6, 6.07) is 9.81. The summed E-state index contributed by atoms with van der Waals surface area (Å²) in [5.41, 5.74) is 0.863. The number of carbonyl (C=O) groups excluding carboxylic acids is 1. The number of thiazole rings is 1. The first-order valence-corrected chi connectivity index (χ1v) is 11.0. The number of nitrogens with zero attached hydrogens (tertiary/aromatic N) is 2. The maximum atomic E-state index is 12.8. The van der Waals surface area contributed by atoms with Gasteiger partial charge in [0.2, 0.25) is 0 Å². The lowest BCUT2D eigenvalue weighted by Crippen LogP contribution is -2.44. The van der Waals surface area contributed by atoms with E-state index in [0.717, 1.165) is 26.9 Å². The Labute approximate surface area is 189 Å². The summed E-state index contributed by atoms with van der Waals surface area (Å²) in [4.78, 5) is 40.9. The van der Waals surface area contributed by atoms with Gasteiger partial charge in [0.15, 0.2) is 10.8 Å². The van der Waals surface area contributed by atoms with E-state index in [-0.39, 0.29) is 15.6 Å². The molecule has 2 aromatic heterocycles. The zero-order valence-electron chi connectivity index (χ0n) is 15.7. The van der Waals surface area contributed by atoms with Crippen LogP contribution in [0.1, 0.15) is 18.6 Å². The Morgan fingerprint density at radius 1 is 1.23 bits per heavy atom. The molecule has 158 valence electrons. The number of thiocarbonyl (C=S) groups is 1. The fourth-order valence-electron chi connectivity index (χ4n) is 3.02. The van der Waals surface area contributed by atoms with Crippen molar-refractivity contribution in [2.45, 2.75) is 18.9 Å². The zero-order valence-corrected chi connectivity index (χ0v) is 18.1. The van der Waals surface area contributed by atoms with Gasteiger partial charge in [-0.3, -0.25) is 14.5 Å². The molecule has 0 aliphatic carbocycles. The van der Waals surface area contributed by atoms with Crippen LogP contribution in [0.2, 0.25) is 0 Å². The molecule has 3 aromatic rings. The number of carboxylic acid groups (broad SMARTS) is 2. The average molecular weight is 475 g/mol. The molecule has 1 saturated heterocycles. The van der Waals surface area contributed by atoms with E-state index in [4.69, 9.17) is 21.7 Å². The monoisotopic (exact) mass is 474 g/mol. The predicted octanol–water partition coefficient (Wildman–Crippen LogP) is 4.08. The van der Waals surface area contributed by atoms with Crippen LogP contribution in [0.4, 0.5) is 0 Å². The fraction of sp³-hybridized carbons (Fsp3) is 0.150. The second-order valence-corrected chi connectivity index (χ2v) is 9.23. The van der Waals surface area contributed by atoms with Gasteiger partial charge in [0.1, 0.15) is 16.1 Å². The highest BCUT2D eigenvalue weighted by molar-refractivity contribution is 8.26. The minimum absolute atomic E-state index is 0.0620. The summed E-state index contributed by atoms with van der Waals surface area (Å²) in [6.45, 7) is 0. The number of thioether (sulfide) groups is 1. The van der Waals surface area contributed by atoms with Gasteiger partial charge in [-0.25, -0.2) is 9.78 Å². The second-order valence-electron chi connectivity index (χ2n) is 6.53. The third kappa shape index (κ3) is 4.38. The number of aromatic nitrogens is 1. The lowest BCUT2D eigenvalue weighted by Gasteiger charge is -2.22. The standard InChI is InChI=1S/C20H14N2O6S3/c23-16(24)8-6-12(19(26)27)22-18(25)15(31-20(22)29)9-10-5-7-13(28-10)17-21-11-3-1-2-4-14(11)30-17/h1-5,7,9,12H,6,8H2,(H,23,24)(H,26,27)/b15-9-. The van der Waals surface area contributed by atoms with Crippen molar-refractivity contribution in [3.05, 3.63) is 47.1 Å². The molecule has 2 N–H and O–H groups in total. The number of fused-ring (bicyclic) bond motifs is 1. The Morgan fingerprint density at radius 3 is 2.71 bits per heavy atom. The Kier molecular flexibility index (Phi) is 5.90. The molecule has 1 aromatic carbocycles.